The molecule has 0 N–H and O–H groups in total. The number of hydrogen-bond acceptors (Lipinski definition) is 2. The first kappa shape index (κ1) is 7.32. The van der Waals surface area contributed by atoms with Gasteiger partial charge in [-0.15, -0.1) is 4.63 Å². The summed E-state index contributed by atoms with van der Waals surface area (Å²) in [5.74, 6) is 0. The molecule has 3 rings (SSSR count). The molecule has 4 nitrogen and oxygen atoms in total. The van der Waals surface area contributed by atoms with E-state index in [9.17, 15) is 0 Å². The molecular weight excluding hydrogens is 176 g/mol. The van der Waals surface area contributed by atoms with Gasteiger partial charge in [0.25, 0.3) is 0 Å². The average Bonchev–Trinajstić information content (AvgIpc) is 2.79. The van der Waals surface area contributed by atoms with Gasteiger partial charge in [0.15, 0.2) is 0 Å². The molecule has 2 aromatic heterocycles. The highest BCUT2D eigenvalue weighted by Gasteiger charge is 2.02. The van der Waals surface area contributed by atoms with E-state index in [2.05, 4.69) is 10.2 Å². The van der Waals surface area contributed by atoms with Crippen molar-refractivity contribution in [3.05, 3.63) is 48.8 Å². The molecule has 0 spiro atoms. The van der Waals surface area contributed by atoms with Crippen LogP contribution in [0, 0.1) is 0 Å². The van der Waals surface area contributed by atoms with Crippen LogP contribution in [-0.4, -0.2) is 19.6 Å². The molecule has 0 aliphatic carbocycles. The minimum Gasteiger partial charge on any atom is -0.158 e. The zero-order valence-electron chi connectivity index (χ0n) is 7.41. The number of hydrogen-bond donors (Lipinski definition) is 0. The summed E-state index contributed by atoms with van der Waals surface area (Å²) in [6.07, 6.45) is 3.55. The molecule has 0 amide bonds. The van der Waals surface area contributed by atoms with E-state index in [1.807, 2.05) is 36.4 Å². The summed E-state index contributed by atoms with van der Waals surface area (Å²) >= 11 is 0. The van der Waals surface area contributed by atoms with Gasteiger partial charge in [0.05, 0.1) is 18.1 Å². The molecule has 4 heteroatoms. The first-order valence-electron chi connectivity index (χ1n) is 4.38. The second-order valence-corrected chi connectivity index (χ2v) is 3.02. The van der Waals surface area contributed by atoms with Crippen LogP contribution >= 0.6 is 0 Å². The molecule has 3 aromatic rings. The first-order chi connectivity index (χ1) is 6.95. The molecule has 0 atom stereocenters. The summed E-state index contributed by atoms with van der Waals surface area (Å²) < 4.78 is 1.76. The van der Waals surface area contributed by atoms with E-state index in [0.29, 0.717) is 0 Å². The molecule has 2 heterocycles. The van der Waals surface area contributed by atoms with Crippen LogP contribution in [0.4, 0.5) is 0 Å². The Bertz CT molecular complexity index is 550. The van der Waals surface area contributed by atoms with Gasteiger partial charge in [-0.3, -0.25) is 0 Å². The Labute approximate surface area is 80.4 Å². The van der Waals surface area contributed by atoms with E-state index in [0.717, 1.165) is 11.2 Å². The topological polar surface area (TPSA) is 35.1 Å². The van der Waals surface area contributed by atoms with Gasteiger partial charge in [-0.2, -0.15) is 15.0 Å². The lowest BCUT2D eigenvalue weighted by Crippen LogP contribution is -2.05. The second-order valence-electron chi connectivity index (χ2n) is 3.02. The Morgan fingerprint density at radius 3 is 2.64 bits per heavy atom. The van der Waals surface area contributed by atoms with Crippen molar-refractivity contribution in [1.82, 2.24) is 19.6 Å². The van der Waals surface area contributed by atoms with Gasteiger partial charge in [-0.1, -0.05) is 18.2 Å². The number of rotatable bonds is 1. The van der Waals surface area contributed by atoms with E-state index in [1.54, 1.807) is 21.8 Å². The number of benzene rings is 1. The molecular formula is C10H8N4. The van der Waals surface area contributed by atoms with Crippen LogP contribution in [-0.2, 0) is 0 Å². The van der Waals surface area contributed by atoms with Crippen LogP contribution in [0.2, 0.25) is 0 Å². The van der Waals surface area contributed by atoms with Gasteiger partial charge in [-0.25, -0.2) is 0 Å². The van der Waals surface area contributed by atoms with E-state index < -0.39 is 0 Å². The summed E-state index contributed by atoms with van der Waals surface area (Å²) in [6.45, 7) is 0. The molecule has 0 radical (unpaired) electrons. The fourth-order valence-electron chi connectivity index (χ4n) is 1.46. The molecule has 1 aromatic carbocycles. The predicted molar refractivity (Wildman–Crippen MR) is 52.3 cm³/mol. The highest BCUT2D eigenvalue weighted by molar-refractivity contribution is 5.43. The van der Waals surface area contributed by atoms with Gasteiger partial charge in [0, 0.05) is 0 Å². The molecule has 68 valence electrons. The van der Waals surface area contributed by atoms with Crippen molar-refractivity contribution in [3.8, 4) is 5.69 Å². The van der Waals surface area contributed by atoms with Crippen molar-refractivity contribution in [2.75, 3.05) is 0 Å². The van der Waals surface area contributed by atoms with Crippen molar-refractivity contribution >= 4 is 5.52 Å². The molecule has 0 saturated heterocycles. The Kier molecular flexibility index (Phi) is 1.41. The van der Waals surface area contributed by atoms with Crippen LogP contribution in [0.15, 0.2) is 48.8 Å². The lowest BCUT2D eigenvalue weighted by atomic mass is 10.3. The van der Waals surface area contributed by atoms with E-state index in [4.69, 9.17) is 0 Å². The number of fused-ring (bicyclic) bond motifs is 1. The van der Waals surface area contributed by atoms with Gasteiger partial charge in [0.2, 0.25) is 0 Å². The summed E-state index contributed by atoms with van der Waals surface area (Å²) in [5, 5.41) is 8.41. The second kappa shape index (κ2) is 2.70. The van der Waals surface area contributed by atoms with Crippen molar-refractivity contribution in [3.63, 3.8) is 0 Å². The third-order valence-electron chi connectivity index (χ3n) is 2.12. The zero-order valence-corrected chi connectivity index (χ0v) is 7.41. The lowest BCUT2D eigenvalue weighted by molar-refractivity contribution is 0.631. The molecule has 0 unspecified atom stereocenters. The zero-order chi connectivity index (χ0) is 9.38. The van der Waals surface area contributed by atoms with Crippen molar-refractivity contribution in [2.45, 2.75) is 0 Å². The fourth-order valence-corrected chi connectivity index (χ4v) is 1.46. The van der Waals surface area contributed by atoms with Gasteiger partial charge >= 0.3 is 0 Å². The summed E-state index contributed by atoms with van der Waals surface area (Å²) in [5.41, 5.74) is 2.00. The lowest BCUT2D eigenvalue weighted by Gasteiger charge is -2.00. The van der Waals surface area contributed by atoms with Gasteiger partial charge < -0.3 is 0 Å². The summed E-state index contributed by atoms with van der Waals surface area (Å²) in [4.78, 5) is 1.76. The third-order valence-corrected chi connectivity index (χ3v) is 2.12. The van der Waals surface area contributed by atoms with Crippen molar-refractivity contribution in [2.24, 2.45) is 0 Å². The smallest absolute Gasteiger partial charge is 0.107 e. The maximum absolute atomic E-state index is 4.24. The standard InChI is InChI=1S/C10H8N4/c1-2-4-9(5-3-1)13-12-8-10-6-7-11-14(10)13/h1-8H. The SMILES string of the molecule is c1ccc(-n2ncc3ccnn32)cc1. The van der Waals surface area contributed by atoms with E-state index in [1.165, 1.54) is 0 Å². The molecule has 0 aliphatic heterocycles. The highest BCUT2D eigenvalue weighted by atomic mass is 15.6. The minimum atomic E-state index is 0.994. The Morgan fingerprint density at radius 1 is 0.929 bits per heavy atom. The number of para-hydroxylation sites is 1. The normalized spacial score (nSPS) is 10.9. The monoisotopic (exact) mass is 184 g/mol. The Morgan fingerprint density at radius 2 is 1.79 bits per heavy atom. The van der Waals surface area contributed by atoms with Crippen LogP contribution in [0.3, 0.4) is 0 Å². The van der Waals surface area contributed by atoms with Crippen molar-refractivity contribution < 1.29 is 0 Å². The molecule has 14 heavy (non-hydrogen) atoms. The van der Waals surface area contributed by atoms with Crippen molar-refractivity contribution in [1.29, 1.82) is 0 Å². The van der Waals surface area contributed by atoms with E-state index in [-0.39, 0.29) is 0 Å². The van der Waals surface area contributed by atoms with Gasteiger partial charge in [-0.05, 0) is 18.2 Å². The Balaban J connectivity index is 2.28. The summed E-state index contributed by atoms with van der Waals surface area (Å²) in [7, 11) is 0. The maximum Gasteiger partial charge on any atom is 0.107 e. The van der Waals surface area contributed by atoms with E-state index >= 15 is 0 Å². The van der Waals surface area contributed by atoms with Crippen LogP contribution in [0.25, 0.3) is 11.2 Å². The minimum absolute atomic E-state index is 0.994. The quantitative estimate of drug-likeness (QED) is 0.574. The Hall–Kier alpha value is -2.10. The highest BCUT2D eigenvalue weighted by Crippen LogP contribution is 2.07. The number of nitrogens with zero attached hydrogens (tertiary/aromatic N) is 4. The molecule has 0 bridgehead atoms. The fraction of sp³-hybridized carbons (Fsp3) is 0. The number of aromatic nitrogens is 4. The largest absolute Gasteiger partial charge is 0.158 e. The van der Waals surface area contributed by atoms with Gasteiger partial charge in [0.1, 0.15) is 5.52 Å². The van der Waals surface area contributed by atoms with Crippen LogP contribution in [0.5, 0.6) is 0 Å². The molecule has 0 saturated carbocycles. The average molecular weight is 184 g/mol. The first-order valence-corrected chi connectivity index (χ1v) is 4.38. The summed E-state index contributed by atoms with van der Waals surface area (Å²) in [6, 6.07) is 11.8. The van der Waals surface area contributed by atoms with Crippen LogP contribution in [0.1, 0.15) is 0 Å². The van der Waals surface area contributed by atoms with Crippen LogP contribution < -0.4 is 0 Å². The molecule has 0 aliphatic rings. The third kappa shape index (κ3) is 0.939. The predicted octanol–water partition coefficient (Wildman–Crippen LogP) is 1.52. The maximum atomic E-state index is 4.24. The molecule has 0 fully saturated rings.